The number of nitrogens with zero attached hydrogens (tertiary/aromatic N) is 1. The largest absolute Gasteiger partial charge is 0.351 e. The zero-order valence-electron chi connectivity index (χ0n) is 17.0. The lowest BCUT2D eigenvalue weighted by Gasteiger charge is -2.30. The molecule has 162 valence electrons. The lowest BCUT2D eigenvalue weighted by Crippen LogP contribution is -2.38. The number of benzene rings is 1. The lowest BCUT2D eigenvalue weighted by molar-refractivity contribution is -0.116. The number of hydrogen-bond donors (Lipinski definition) is 2. The van der Waals surface area contributed by atoms with Crippen molar-refractivity contribution in [3.05, 3.63) is 46.7 Å². The van der Waals surface area contributed by atoms with Gasteiger partial charge in [-0.25, -0.2) is 8.42 Å². The average molecular weight is 450 g/mol. The third-order valence-electron chi connectivity index (χ3n) is 5.29. The quantitative estimate of drug-likeness (QED) is 0.645. The Morgan fingerprint density at radius 2 is 1.80 bits per heavy atom. The van der Waals surface area contributed by atoms with E-state index >= 15 is 0 Å². The molecule has 0 spiro atoms. The van der Waals surface area contributed by atoms with Gasteiger partial charge in [0.05, 0.1) is 9.77 Å². The molecule has 1 saturated carbocycles. The van der Waals surface area contributed by atoms with E-state index in [1.807, 2.05) is 5.38 Å². The van der Waals surface area contributed by atoms with Gasteiger partial charge in [0.1, 0.15) is 0 Å². The van der Waals surface area contributed by atoms with Crippen LogP contribution in [0.5, 0.6) is 0 Å². The highest BCUT2D eigenvalue weighted by Crippen LogP contribution is 2.27. The Bertz CT molecular complexity index is 951. The normalized spacial score (nSPS) is 15.1. The number of nitrogens with one attached hydrogen (secondary N) is 2. The topological polar surface area (TPSA) is 95.6 Å². The third kappa shape index (κ3) is 5.68. The van der Waals surface area contributed by atoms with Crippen molar-refractivity contribution in [2.45, 2.75) is 49.5 Å². The van der Waals surface area contributed by atoms with Gasteiger partial charge in [-0.15, -0.1) is 11.3 Å². The van der Waals surface area contributed by atoms with Crippen molar-refractivity contribution >= 4 is 38.9 Å². The Morgan fingerprint density at radius 1 is 1.10 bits per heavy atom. The number of sulfonamides is 1. The number of carbonyl (C=O) groups is 2. The molecule has 3 rings (SSSR count). The molecule has 7 nitrogen and oxygen atoms in total. The molecule has 2 aromatic rings. The molecule has 1 aromatic heterocycles. The first-order valence-electron chi connectivity index (χ1n) is 10.1. The summed E-state index contributed by atoms with van der Waals surface area (Å²) in [5.41, 5.74) is 0.517. The van der Waals surface area contributed by atoms with Gasteiger partial charge in [-0.2, -0.15) is 4.31 Å². The highest BCUT2D eigenvalue weighted by atomic mass is 32.2. The molecule has 0 saturated heterocycles. The molecule has 0 bridgehead atoms. The van der Waals surface area contributed by atoms with E-state index in [2.05, 4.69) is 10.6 Å². The second kappa shape index (κ2) is 10.2. The molecule has 9 heteroatoms. The van der Waals surface area contributed by atoms with Gasteiger partial charge in [-0.05, 0) is 48.6 Å². The lowest BCUT2D eigenvalue weighted by atomic mass is 9.96. The Balaban J connectivity index is 1.51. The van der Waals surface area contributed by atoms with E-state index in [1.54, 1.807) is 31.3 Å². The molecule has 0 atom stereocenters. The summed E-state index contributed by atoms with van der Waals surface area (Å²) in [7, 11) is -1.91. The summed E-state index contributed by atoms with van der Waals surface area (Å²) in [6.45, 7) is 0.223. The Labute approximate surface area is 181 Å². The first-order chi connectivity index (χ1) is 14.4. The maximum Gasteiger partial charge on any atom is 0.261 e. The smallest absolute Gasteiger partial charge is 0.261 e. The second-order valence-corrected chi connectivity index (χ2v) is 10.3. The van der Waals surface area contributed by atoms with Crippen LogP contribution in [0, 0.1) is 0 Å². The molecule has 2 N–H and O–H groups in total. The maximum atomic E-state index is 12.9. The van der Waals surface area contributed by atoms with Crippen molar-refractivity contribution in [1.29, 1.82) is 0 Å². The number of rotatable bonds is 8. The van der Waals surface area contributed by atoms with Crippen molar-refractivity contribution in [2.75, 3.05) is 18.9 Å². The maximum absolute atomic E-state index is 12.9. The van der Waals surface area contributed by atoms with Crippen LogP contribution in [-0.2, 0) is 14.8 Å². The molecular weight excluding hydrogens is 422 g/mol. The zero-order valence-corrected chi connectivity index (χ0v) is 18.6. The summed E-state index contributed by atoms with van der Waals surface area (Å²) in [6.07, 6.45) is 5.20. The van der Waals surface area contributed by atoms with Crippen LogP contribution >= 0.6 is 11.3 Å². The van der Waals surface area contributed by atoms with Crippen LogP contribution in [0.4, 0.5) is 5.69 Å². The minimum Gasteiger partial charge on any atom is -0.351 e. The Morgan fingerprint density at radius 3 is 2.43 bits per heavy atom. The van der Waals surface area contributed by atoms with Crippen molar-refractivity contribution < 1.29 is 18.0 Å². The van der Waals surface area contributed by atoms with Gasteiger partial charge in [-0.3, -0.25) is 9.59 Å². The molecular formula is C21H27N3O4S2. The van der Waals surface area contributed by atoms with E-state index in [1.165, 1.54) is 27.8 Å². The van der Waals surface area contributed by atoms with E-state index in [0.29, 0.717) is 10.6 Å². The first kappa shape index (κ1) is 22.5. The summed E-state index contributed by atoms with van der Waals surface area (Å²) in [6, 6.07) is 9.77. The molecule has 1 aromatic carbocycles. The van der Waals surface area contributed by atoms with Gasteiger partial charge in [0.25, 0.3) is 5.91 Å². The van der Waals surface area contributed by atoms with Crippen LogP contribution in [0.1, 0.15) is 48.2 Å². The molecule has 1 heterocycles. The number of amides is 2. The molecule has 0 unspecified atom stereocenters. The van der Waals surface area contributed by atoms with Crippen molar-refractivity contribution in [1.82, 2.24) is 9.62 Å². The number of anilines is 1. The van der Waals surface area contributed by atoms with Crippen LogP contribution in [0.25, 0.3) is 0 Å². The minimum absolute atomic E-state index is 0.0486. The van der Waals surface area contributed by atoms with Gasteiger partial charge in [-0.1, -0.05) is 25.3 Å². The van der Waals surface area contributed by atoms with Gasteiger partial charge in [0.2, 0.25) is 15.9 Å². The number of hydrogen-bond acceptors (Lipinski definition) is 5. The van der Waals surface area contributed by atoms with Crippen LogP contribution in [0.15, 0.2) is 46.7 Å². The van der Waals surface area contributed by atoms with Crippen molar-refractivity contribution in [2.24, 2.45) is 0 Å². The highest BCUT2D eigenvalue weighted by molar-refractivity contribution is 7.89. The standard InChI is InChI=1S/C21H27N3O4S2/c1-24(17-6-3-2-4-7-17)30(27,28)18-11-9-16(10-12-18)23-20(25)13-14-22-21(26)19-8-5-15-29-19/h5,8-12,15,17H,2-4,6-7,13-14H2,1H3,(H,22,26)(H,23,25). The van der Waals surface area contributed by atoms with Crippen LogP contribution in [0.2, 0.25) is 0 Å². The SMILES string of the molecule is CN(C1CCCCC1)S(=O)(=O)c1ccc(NC(=O)CCNC(=O)c2cccs2)cc1. The second-order valence-electron chi connectivity index (χ2n) is 7.37. The summed E-state index contributed by atoms with van der Waals surface area (Å²) >= 11 is 1.34. The molecule has 1 aliphatic rings. The van der Waals surface area contributed by atoms with E-state index in [4.69, 9.17) is 0 Å². The number of thiophene rings is 1. The van der Waals surface area contributed by atoms with Crippen molar-refractivity contribution in [3.63, 3.8) is 0 Å². The molecule has 2 amide bonds. The first-order valence-corrected chi connectivity index (χ1v) is 12.4. The molecule has 1 aliphatic carbocycles. The fourth-order valence-electron chi connectivity index (χ4n) is 3.53. The Kier molecular flexibility index (Phi) is 7.63. The van der Waals surface area contributed by atoms with Gasteiger partial charge in [0.15, 0.2) is 0 Å². The van der Waals surface area contributed by atoms with E-state index in [-0.39, 0.29) is 35.7 Å². The van der Waals surface area contributed by atoms with Gasteiger partial charge >= 0.3 is 0 Å². The van der Waals surface area contributed by atoms with Crippen LogP contribution < -0.4 is 10.6 Å². The monoisotopic (exact) mass is 449 g/mol. The van der Waals surface area contributed by atoms with Gasteiger partial charge < -0.3 is 10.6 Å². The molecule has 30 heavy (non-hydrogen) atoms. The third-order valence-corrected chi connectivity index (χ3v) is 8.08. The summed E-state index contributed by atoms with van der Waals surface area (Å²) < 4.78 is 27.2. The average Bonchev–Trinajstić information content (AvgIpc) is 3.29. The van der Waals surface area contributed by atoms with E-state index in [9.17, 15) is 18.0 Å². The van der Waals surface area contributed by atoms with Crippen molar-refractivity contribution in [3.8, 4) is 0 Å². The van der Waals surface area contributed by atoms with Gasteiger partial charge in [0, 0.05) is 31.7 Å². The summed E-state index contributed by atoms with van der Waals surface area (Å²) in [4.78, 5) is 24.8. The van der Waals surface area contributed by atoms with E-state index in [0.717, 1.165) is 32.1 Å². The predicted molar refractivity (Wildman–Crippen MR) is 118 cm³/mol. The molecule has 0 radical (unpaired) electrons. The summed E-state index contributed by atoms with van der Waals surface area (Å²) in [5, 5.41) is 7.24. The van der Waals surface area contributed by atoms with Crippen LogP contribution in [-0.4, -0.2) is 44.2 Å². The van der Waals surface area contributed by atoms with E-state index < -0.39 is 10.0 Å². The number of carbonyl (C=O) groups excluding carboxylic acids is 2. The van der Waals surface area contributed by atoms with Crippen LogP contribution in [0.3, 0.4) is 0 Å². The fraction of sp³-hybridized carbons (Fsp3) is 0.429. The fourth-order valence-corrected chi connectivity index (χ4v) is 5.58. The highest BCUT2D eigenvalue weighted by Gasteiger charge is 2.28. The molecule has 0 aliphatic heterocycles. The minimum atomic E-state index is -3.55. The zero-order chi connectivity index (χ0) is 21.6. The summed E-state index contributed by atoms with van der Waals surface area (Å²) in [5.74, 6) is -0.453. The molecule has 1 fully saturated rings. The predicted octanol–water partition coefficient (Wildman–Crippen LogP) is 3.46. The Hall–Kier alpha value is -2.23.